The average molecular weight is 318 g/mol. The summed E-state index contributed by atoms with van der Waals surface area (Å²) in [5, 5.41) is 2.47. The van der Waals surface area contributed by atoms with Gasteiger partial charge in [0.2, 0.25) is 5.95 Å². The van der Waals surface area contributed by atoms with E-state index >= 15 is 0 Å². The van der Waals surface area contributed by atoms with Gasteiger partial charge in [0.1, 0.15) is 11.6 Å². The van der Waals surface area contributed by atoms with Crippen molar-refractivity contribution in [2.45, 2.75) is 19.8 Å². The number of rotatable bonds is 4. The third-order valence-electron chi connectivity index (χ3n) is 2.95. The second-order valence-corrected chi connectivity index (χ2v) is 4.96. The van der Waals surface area contributed by atoms with Crippen molar-refractivity contribution in [3.05, 3.63) is 24.0 Å². The van der Waals surface area contributed by atoms with Crippen LogP contribution in [0.1, 0.15) is 25.3 Å². The quantitative estimate of drug-likeness (QED) is 0.779. The highest BCUT2D eigenvalue weighted by Crippen LogP contribution is 2.33. The molecule has 2 aromatic heterocycles. The number of anilines is 3. The molecule has 9 nitrogen and oxygen atoms in total. The van der Waals surface area contributed by atoms with Crippen LogP contribution < -0.4 is 21.5 Å². The third-order valence-corrected chi connectivity index (χ3v) is 2.95. The van der Waals surface area contributed by atoms with Crippen molar-refractivity contribution in [1.82, 2.24) is 15.0 Å². The number of nitrogen functional groups attached to an aromatic ring is 2. The number of hydrogen-bond donors (Lipinski definition) is 3. The number of carbonyl (C=O) groups excluding carboxylic acids is 1. The Morgan fingerprint density at radius 3 is 2.57 bits per heavy atom. The number of nitrogens with zero attached hydrogens (tertiary/aromatic N) is 3. The summed E-state index contributed by atoms with van der Waals surface area (Å²) in [6.07, 6.45) is 2.37. The summed E-state index contributed by atoms with van der Waals surface area (Å²) in [6, 6.07) is 1.57. The van der Waals surface area contributed by atoms with Crippen LogP contribution in [0.2, 0.25) is 0 Å². The Morgan fingerprint density at radius 2 is 1.96 bits per heavy atom. The van der Waals surface area contributed by atoms with Gasteiger partial charge in [0.25, 0.3) is 0 Å². The molecule has 2 aromatic rings. The minimum Gasteiger partial charge on any atom is -0.453 e. The summed E-state index contributed by atoms with van der Waals surface area (Å²) >= 11 is 0. The van der Waals surface area contributed by atoms with Crippen molar-refractivity contribution in [2.75, 3.05) is 23.9 Å². The predicted molar refractivity (Wildman–Crippen MR) is 85.3 cm³/mol. The molecule has 2 rings (SSSR count). The van der Waals surface area contributed by atoms with Gasteiger partial charge < -0.3 is 20.9 Å². The zero-order valence-electron chi connectivity index (χ0n) is 13.0. The number of nitrogens with two attached hydrogens (primary N) is 2. The van der Waals surface area contributed by atoms with E-state index in [0.717, 1.165) is 5.56 Å². The zero-order valence-corrected chi connectivity index (χ0v) is 13.0. The second-order valence-electron chi connectivity index (χ2n) is 4.96. The molecule has 23 heavy (non-hydrogen) atoms. The van der Waals surface area contributed by atoms with Gasteiger partial charge in [0.05, 0.1) is 13.3 Å². The lowest BCUT2D eigenvalue weighted by Crippen LogP contribution is -2.12. The van der Waals surface area contributed by atoms with Gasteiger partial charge in [-0.3, -0.25) is 5.32 Å². The molecule has 0 bridgehead atoms. The summed E-state index contributed by atoms with van der Waals surface area (Å²) < 4.78 is 10.3. The molecule has 5 N–H and O–H groups in total. The van der Waals surface area contributed by atoms with E-state index in [1.165, 1.54) is 13.3 Å². The van der Waals surface area contributed by atoms with E-state index in [1.807, 2.05) is 13.8 Å². The molecule has 0 atom stereocenters. The lowest BCUT2D eigenvalue weighted by atomic mass is 10.0. The first-order valence-electron chi connectivity index (χ1n) is 6.81. The normalized spacial score (nSPS) is 10.4. The fraction of sp³-hybridized carbons (Fsp3) is 0.286. The Bertz CT molecular complexity index is 720. The molecular formula is C14H18N6O3. The van der Waals surface area contributed by atoms with E-state index in [0.29, 0.717) is 5.75 Å². The number of carbonyl (C=O) groups is 1. The first kappa shape index (κ1) is 16.3. The van der Waals surface area contributed by atoms with Gasteiger partial charge in [0, 0.05) is 17.8 Å². The maximum Gasteiger partial charge on any atom is 0.412 e. The van der Waals surface area contributed by atoms with Crippen molar-refractivity contribution in [1.29, 1.82) is 0 Å². The van der Waals surface area contributed by atoms with Gasteiger partial charge in [-0.2, -0.15) is 4.98 Å². The van der Waals surface area contributed by atoms with Crippen LogP contribution in [0.5, 0.6) is 11.5 Å². The number of aromatic nitrogens is 3. The van der Waals surface area contributed by atoms with Crippen LogP contribution in [0.3, 0.4) is 0 Å². The molecule has 0 aliphatic rings. The number of hydrogen-bond acceptors (Lipinski definition) is 8. The van der Waals surface area contributed by atoms with Crippen molar-refractivity contribution >= 4 is 23.7 Å². The summed E-state index contributed by atoms with van der Waals surface area (Å²) in [6.45, 7) is 3.97. The minimum absolute atomic E-state index is 0.0571. The molecule has 122 valence electrons. The van der Waals surface area contributed by atoms with Crippen molar-refractivity contribution < 1.29 is 14.3 Å². The molecule has 0 radical (unpaired) electrons. The second kappa shape index (κ2) is 6.77. The largest absolute Gasteiger partial charge is 0.453 e. The van der Waals surface area contributed by atoms with Crippen molar-refractivity contribution in [2.24, 2.45) is 0 Å². The monoisotopic (exact) mass is 318 g/mol. The summed E-state index contributed by atoms with van der Waals surface area (Å²) in [5.74, 6) is 1.33. The van der Waals surface area contributed by atoms with Crippen LogP contribution in [-0.4, -0.2) is 28.2 Å². The number of pyridine rings is 1. The smallest absolute Gasteiger partial charge is 0.412 e. The topological polar surface area (TPSA) is 138 Å². The highest BCUT2D eigenvalue weighted by Gasteiger charge is 2.14. The zero-order chi connectivity index (χ0) is 17.0. The van der Waals surface area contributed by atoms with Crippen LogP contribution in [-0.2, 0) is 4.74 Å². The number of amides is 1. The van der Waals surface area contributed by atoms with Gasteiger partial charge in [-0.1, -0.05) is 13.8 Å². The van der Waals surface area contributed by atoms with Crippen LogP contribution >= 0.6 is 0 Å². The van der Waals surface area contributed by atoms with Crippen LogP contribution in [0.25, 0.3) is 0 Å². The molecular weight excluding hydrogens is 300 g/mol. The predicted octanol–water partition coefficient (Wildman–Crippen LogP) is 2.13. The van der Waals surface area contributed by atoms with Crippen molar-refractivity contribution in [3.8, 4) is 11.5 Å². The Balaban J connectivity index is 2.37. The molecule has 1 amide bonds. The van der Waals surface area contributed by atoms with Gasteiger partial charge >= 0.3 is 6.09 Å². The van der Waals surface area contributed by atoms with Gasteiger partial charge in [-0.25, -0.2) is 14.8 Å². The van der Waals surface area contributed by atoms with Crippen molar-refractivity contribution in [3.63, 3.8) is 0 Å². The molecule has 2 heterocycles. The van der Waals surface area contributed by atoms with E-state index in [1.54, 1.807) is 12.3 Å². The summed E-state index contributed by atoms with van der Waals surface area (Å²) in [4.78, 5) is 23.1. The third kappa shape index (κ3) is 3.96. The maximum atomic E-state index is 11.3. The Hall–Kier alpha value is -3.10. The van der Waals surface area contributed by atoms with Gasteiger partial charge in [-0.15, -0.1) is 0 Å². The lowest BCUT2D eigenvalue weighted by molar-refractivity contribution is 0.187. The number of methoxy groups -OCH3 is 1. The Kier molecular flexibility index (Phi) is 4.79. The molecule has 0 unspecified atom stereocenters. The van der Waals surface area contributed by atoms with E-state index in [-0.39, 0.29) is 29.3 Å². The average Bonchev–Trinajstić information content (AvgIpc) is 2.50. The van der Waals surface area contributed by atoms with E-state index in [9.17, 15) is 4.79 Å². The van der Waals surface area contributed by atoms with E-state index < -0.39 is 6.09 Å². The lowest BCUT2D eigenvalue weighted by Gasteiger charge is -2.15. The fourth-order valence-corrected chi connectivity index (χ4v) is 1.79. The first-order valence-corrected chi connectivity index (χ1v) is 6.81. The standard InChI is InChI=1S/C14H18N6O3/c1-7(2)8-5-17-11(19-14(21)22-3)4-9(8)23-10-6-18-13(16)20-12(10)15/h4-7H,1-3H3,(H,17,19,21)(H4,15,16,18,20). The van der Waals surface area contributed by atoms with Crippen LogP contribution in [0.15, 0.2) is 18.5 Å². The van der Waals surface area contributed by atoms with Crippen LogP contribution in [0.4, 0.5) is 22.4 Å². The molecule has 0 saturated heterocycles. The molecule has 9 heteroatoms. The van der Waals surface area contributed by atoms with E-state index in [4.69, 9.17) is 16.2 Å². The molecule has 0 aliphatic carbocycles. The Morgan fingerprint density at radius 1 is 1.22 bits per heavy atom. The minimum atomic E-state index is -0.629. The van der Waals surface area contributed by atoms with Crippen LogP contribution in [0, 0.1) is 0 Å². The Labute approximate surface area is 133 Å². The SMILES string of the molecule is COC(=O)Nc1cc(Oc2cnc(N)nc2N)c(C(C)C)cn1. The summed E-state index contributed by atoms with van der Waals surface area (Å²) in [7, 11) is 1.27. The molecule has 0 fully saturated rings. The molecule has 0 aromatic carbocycles. The molecule has 0 saturated carbocycles. The van der Waals surface area contributed by atoms with Gasteiger partial charge in [-0.05, 0) is 5.92 Å². The molecule has 0 aliphatic heterocycles. The highest BCUT2D eigenvalue weighted by atomic mass is 16.5. The fourth-order valence-electron chi connectivity index (χ4n) is 1.79. The number of ether oxygens (including phenoxy) is 2. The first-order chi connectivity index (χ1) is 10.9. The highest BCUT2D eigenvalue weighted by molar-refractivity contribution is 5.83. The maximum absolute atomic E-state index is 11.3. The molecule has 0 spiro atoms. The van der Waals surface area contributed by atoms with Gasteiger partial charge in [0.15, 0.2) is 11.6 Å². The van der Waals surface area contributed by atoms with E-state index in [2.05, 4.69) is 25.0 Å². The summed E-state index contributed by atoms with van der Waals surface area (Å²) in [5.41, 5.74) is 12.1. The number of nitrogens with one attached hydrogen (secondary N) is 1.